The van der Waals surface area contributed by atoms with E-state index in [4.69, 9.17) is 0 Å². The molecule has 0 spiro atoms. The van der Waals surface area contributed by atoms with Gasteiger partial charge in [0.15, 0.2) is 0 Å². The smallest absolute Gasteiger partial charge is 0.0874 e. The molecule has 15 heavy (non-hydrogen) atoms. The maximum Gasteiger partial charge on any atom is 0.0874 e. The lowest BCUT2D eigenvalue weighted by Gasteiger charge is -2.22. The predicted molar refractivity (Wildman–Crippen MR) is 63.8 cm³/mol. The molecule has 0 aromatic heterocycles. The molecule has 0 saturated carbocycles. The summed E-state index contributed by atoms with van der Waals surface area (Å²) >= 11 is 0. The molecule has 0 aliphatic heterocycles. The minimum absolute atomic E-state index is 0.639. The van der Waals surface area contributed by atoms with Crippen molar-refractivity contribution in [3.05, 3.63) is 41.0 Å². The third kappa shape index (κ3) is 1.98. The Kier molecular flexibility index (Phi) is 2.43. The van der Waals surface area contributed by atoms with Crippen molar-refractivity contribution in [3.8, 4) is 0 Å². The molecule has 1 heteroatoms. The Balaban J connectivity index is 2.46. The van der Waals surface area contributed by atoms with Crippen LogP contribution in [-0.2, 0) is 0 Å². The van der Waals surface area contributed by atoms with Crippen LogP contribution >= 0.6 is 0 Å². The lowest BCUT2D eigenvalue weighted by Crippen LogP contribution is -2.21. The van der Waals surface area contributed by atoms with Crippen LogP contribution in [0.15, 0.2) is 24.3 Å². The molecule has 2 rings (SSSR count). The zero-order chi connectivity index (χ0) is 11.1. The average molecular weight is 202 g/mol. The van der Waals surface area contributed by atoms with Gasteiger partial charge in [-0.2, -0.15) is 0 Å². The summed E-state index contributed by atoms with van der Waals surface area (Å²) in [6.07, 6.45) is 3.98. The minimum atomic E-state index is -0.639. The average Bonchev–Trinajstić information content (AvgIpc) is 2.43. The highest BCUT2D eigenvalue weighted by Gasteiger charge is 2.30. The van der Waals surface area contributed by atoms with E-state index in [1.165, 1.54) is 16.7 Å². The molecule has 0 fully saturated rings. The van der Waals surface area contributed by atoms with Gasteiger partial charge in [0.1, 0.15) is 0 Å². The fourth-order valence-corrected chi connectivity index (χ4v) is 2.41. The summed E-state index contributed by atoms with van der Waals surface area (Å²) in [7, 11) is 0. The Hall–Kier alpha value is -1.08. The largest absolute Gasteiger partial charge is 0.385 e. The highest BCUT2D eigenvalue weighted by molar-refractivity contribution is 5.74. The van der Waals surface area contributed by atoms with Crippen LogP contribution in [0.1, 0.15) is 36.5 Å². The van der Waals surface area contributed by atoms with Crippen LogP contribution in [0.4, 0.5) is 0 Å². The first-order valence-electron chi connectivity index (χ1n) is 5.51. The van der Waals surface area contributed by atoms with E-state index in [2.05, 4.69) is 38.1 Å². The van der Waals surface area contributed by atoms with Crippen LogP contribution in [0.3, 0.4) is 0 Å². The van der Waals surface area contributed by atoms with Crippen LogP contribution in [0.25, 0.3) is 5.57 Å². The van der Waals surface area contributed by atoms with Gasteiger partial charge in [-0.15, -0.1) is 0 Å². The lowest BCUT2D eigenvalue weighted by atomic mass is 9.90. The molecule has 1 aliphatic carbocycles. The fraction of sp³-hybridized carbons (Fsp3) is 0.429. The quantitative estimate of drug-likeness (QED) is 0.741. The number of aliphatic hydroxyl groups is 1. The molecule has 0 heterocycles. The predicted octanol–water partition coefficient (Wildman–Crippen LogP) is 3.23. The first kappa shape index (κ1) is 10.4. The number of allylic oxidation sites excluding steroid dienone is 1. The second-order valence-corrected chi connectivity index (χ2v) is 4.81. The Morgan fingerprint density at radius 2 is 1.73 bits per heavy atom. The molecule has 1 nitrogen and oxygen atoms in total. The second-order valence-electron chi connectivity index (χ2n) is 4.81. The highest BCUT2D eigenvalue weighted by Crippen LogP contribution is 2.37. The number of aryl methyl sites for hydroxylation is 2. The molecule has 1 aliphatic rings. The van der Waals surface area contributed by atoms with Crippen LogP contribution in [0, 0.1) is 13.8 Å². The first-order valence-corrected chi connectivity index (χ1v) is 5.51. The molecule has 0 radical (unpaired) electrons. The lowest BCUT2D eigenvalue weighted by molar-refractivity contribution is 0.121. The standard InChI is InChI=1S/C14H18O/c1-10-7-11(2)9-12(8-10)13-5-4-6-14(13,3)15/h5,7-9,15H,4,6H2,1-3H3. The van der Waals surface area contributed by atoms with E-state index in [1.54, 1.807) is 0 Å². The summed E-state index contributed by atoms with van der Waals surface area (Å²) in [6, 6.07) is 6.46. The summed E-state index contributed by atoms with van der Waals surface area (Å²) in [4.78, 5) is 0. The Bertz CT molecular complexity index is 393. The SMILES string of the molecule is Cc1cc(C)cc(C2=CCCC2(C)O)c1. The number of hydrogen-bond donors (Lipinski definition) is 1. The van der Waals surface area contributed by atoms with Crippen molar-refractivity contribution in [1.82, 2.24) is 0 Å². The van der Waals surface area contributed by atoms with Gasteiger partial charge in [0.05, 0.1) is 5.60 Å². The maximum absolute atomic E-state index is 10.2. The normalized spacial score (nSPS) is 25.5. The Labute approximate surface area is 91.4 Å². The molecule has 0 saturated heterocycles. The van der Waals surface area contributed by atoms with E-state index in [0.717, 1.165) is 18.4 Å². The van der Waals surface area contributed by atoms with Crippen molar-refractivity contribution in [2.24, 2.45) is 0 Å². The van der Waals surface area contributed by atoms with Crippen molar-refractivity contribution in [2.75, 3.05) is 0 Å². The van der Waals surface area contributed by atoms with Gasteiger partial charge in [-0.1, -0.05) is 35.4 Å². The molecule has 1 aromatic rings. The third-order valence-corrected chi connectivity index (χ3v) is 3.09. The van der Waals surface area contributed by atoms with Gasteiger partial charge < -0.3 is 5.11 Å². The molecule has 80 valence electrons. The van der Waals surface area contributed by atoms with Crippen molar-refractivity contribution in [2.45, 2.75) is 39.2 Å². The summed E-state index contributed by atoms with van der Waals surface area (Å²) in [5, 5.41) is 10.2. The van der Waals surface area contributed by atoms with Crippen molar-refractivity contribution in [3.63, 3.8) is 0 Å². The van der Waals surface area contributed by atoms with Gasteiger partial charge in [-0.05, 0) is 44.7 Å². The topological polar surface area (TPSA) is 20.2 Å². The van der Waals surface area contributed by atoms with E-state index in [9.17, 15) is 5.11 Å². The van der Waals surface area contributed by atoms with Crippen molar-refractivity contribution in [1.29, 1.82) is 0 Å². The maximum atomic E-state index is 10.2. The van der Waals surface area contributed by atoms with Gasteiger partial charge in [0, 0.05) is 0 Å². The summed E-state index contributed by atoms with van der Waals surface area (Å²) in [6.45, 7) is 6.10. The van der Waals surface area contributed by atoms with Crippen LogP contribution < -0.4 is 0 Å². The van der Waals surface area contributed by atoms with Gasteiger partial charge >= 0.3 is 0 Å². The third-order valence-electron chi connectivity index (χ3n) is 3.09. The summed E-state index contributed by atoms with van der Waals surface area (Å²) < 4.78 is 0. The van der Waals surface area contributed by atoms with Gasteiger partial charge in [-0.25, -0.2) is 0 Å². The van der Waals surface area contributed by atoms with Crippen molar-refractivity contribution < 1.29 is 5.11 Å². The molecular weight excluding hydrogens is 184 g/mol. The summed E-state index contributed by atoms with van der Waals surface area (Å²) in [5.74, 6) is 0. The van der Waals surface area contributed by atoms with Gasteiger partial charge in [0.2, 0.25) is 0 Å². The molecule has 1 unspecified atom stereocenters. The number of rotatable bonds is 1. The van der Waals surface area contributed by atoms with E-state index in [-0.39, 0.29) is 0 Å². The Morgan fingerprint density at radius 3 is 2.20 bits per heavy atom. The van der Waals surface area contributed by atoms with Crippen LogP contribution in [-0.4, -0.2) is 10.7 Å². The van der Waals surface area contributed by atoms with E-state index in [0.29, 0.717) is 0 Å². The summed E-state index contributed by atoms with van der Waals surface area (Å²) in [5.41, 5.74) is 4.15. The monoisotopic (exact) mass is 202 g/mol. The van der Waals surface area contributed by atoms with E-state index < -0.39 is 5.60 Å². The van der Waals surface area contributed by atoms with Crippen LogP contribution in [0.2, 0.25) is 0 Å². The molecular formula is C14H18O. The highest BCUT2D eigenvalue weighted by atomic mass is 16.3. The van der Waals surface area contributed by atoms with Crippen LogP contribution in [0.5, 0.6) is 0 Å². The molecule has 0 amide bonds. The minimum Gasteiger partial charge on any atom is -0.385 e. The first-order chi connectivity index (χ1) is 6.99. The molecule has 1 atom stereocenters. The van der Waals surface area contributed by atoms with E-state index >= 15 is 0 Å². The molecule has 1 N–H and O–H groups in total. The fourth-order valence-electron chi connectivity index (χ4n) is 2.41. The zero-order valence-electron chi connectivity index (χ0n) is 9.67. The molecule has 0 bridgehead atoms. The van der Waals surface area contributed by atoms with Gasteiger partial charge in [0.25, 0.3) is 0 Å². The van der Waals surface area contributed by atoms with E-state index in [1.807, 2.05) is 6.92 Å². The number of hydrogen-bond acceptors (Lipinski definition) is 1. The zero-order valence-corrected chi connectivity index (χ0v) is 9.67. The Morgan fingerprint density at radius 1 is 1.13 bits per heavy atom. The number of benzene rings is 1. The second kappa shape index (κ2) is 3.49. The van der Waals surface area contributed by atoms with Gasteiger partial charge in [-0.3, -0.25) is 0 Å². The molecule has 1 aromatic carbocycles. The van der Waals surface area contributed by atoms with Crippen molar-refractivity contribution >= 4 is 5.57 Å².